The van der Waals surface area contributed by atoms with Crippen LogP contribution in [-0.2, 0) is 6.42 Å². The number of hydrogen-bond acceptors (Lipinski definition) is 4. The minimum absolute atomic E-state index is 0.200. The van der Waals surface area contributed by atoms with Crippen LogP contribution in [0, 0.1) is 5.92 Å². The topological polar surface area (TPSA) is 45.4 Å². The largest absolute Gasteiger partial charge is 0.356 e. The highest BCUT2D eigenvalue weighted by Gasteiger charge is 2.34. The molecule has 3 atom stereocenters. The van der Waals surface area contributed by atoms with Crippen LogP contribution in [0.25, 0.3) is 0 Å². The average Bonchev–Trinajstić information content (AvgIpc) is 2.47. The number of rotatable bonds is 3. The Labute approximate surface area is 128 Å². The van der Waals surface area contributed by atoms with Crippen molar-refractivity contribution in [1.82, 2.24) is 9.88 Å². The van der Waals surface area contributed by atoms with Crippen LogP contribution in [-0.4, -0.2) is 48.6 Å². The van der Waals surface area contributed by atoms with Gasteiger partial charge in [0.05, 0.1) is 0 Å². The quantitative estimate of drug-likeness (QED) is 0.922. The van der Waals surface area contributed by atoms with Crippen molar-refractivity contribution in [2.24, 2.45) is 11.7 Å². The summed E-state index contributed by atoms with van der Waals surface area (Å²) in [5, 5.41) is 0. The van der Waals surface area contributed by atoms with Gasteiger partial charge in [-0.05, 0) is 63.7 Å². The molecule has 4 heteroatoms. The highest BCUT2D eigenvalue weighted by atomic mass is 15.2. The SMILES string of the molecule is CC(N)Cc1ccc(N2CCC3C(CCCN3C)C2)nc1. The summed E-state index contributed by atoms with van der Waals surface area (Å²) in [6.07, 6.45) is 6.88. The number of nitrogens with two attached hydrogens (primary N) is 1. The number of likely N-dealkylation sites (tertiary alicyclic amines) is 1. The Bertz CT molecular complexity index is 456. The zero-order valence-corrected chi connectivity index (χ0v) is 13.3. The number of pyridine rings is 1. The Morgan fingerprint density at radius 3 is 2.90 bits per heavy atom. The summed E-state index contributed by atoms with van der Waals surface area (Å²) < 4.78 is 0. The van der Waals surface area contributed by atoms with Gasteiger partial charge >= 0.3 is 0 Å². The van der Waals surface area contributed by atoms with Crippen molar-refractivity contribution in [3.05, 3.63) is 23.9 Å². The summed E-state index contributed by atoms with van der Waals surface area (Å²) in [5.74, 6) is 1.94. The maximum absolute atomic E-state index is 5.85. The van der Waals surface area contributed by atoms with Crippen molar-refractivity contribution >= 4 is 5.82 Å². The summed E-state index contributed by atoms with van der Waals surface area (Å²) in [6.45, 7) is 5.60. The average molecular weight is 288 g/mol. The molecular weight excluding hydrogens is 260 g/mol. The normalized spacial score (nSPS) is 28.2. The van der Waals surface area contributed by atoms with E-state index in [4.69, 9.17) is 5.73 Å². The van der Waals surface area contributed by atoms with E-state index in [0.29, 0.717) is 0 Å². The second-order valence-corrected chi connectivity index (χ2v) is 6.89. The molecule has 4 nitrogen and oxygen atoms in total. The van der Waals surface area contributed by atoms with Gasteiger partial charge in [0.1, 0.15) is 5.82 Å². The van der Waals surface area contributed by atoms with Gasteiger partial charge in [0.15, 0.2) is 0 Å². The van der Waals surface area contributed by atoms with E-state index in [1.807, 2.05) is 13.1 Å². The lowest BCUT2D eigenvalue weighted by Crippen LogP contribution is -2.52. The fraction of sp³-hybridized carbons (Fsp3) is 0.706. The van der Waals surface area contributed by atoms with Gasteiger partial charge in [-0.3, -0.25) is 0 Å². The van der Waals surface area contributed by atoms with Crippen molar-refractivity contribution < 1.29 is 0 Å². The molecular formula is C17H28N4. The number of fused-ring (bicyclic) bond motifs is 1. The van der Waals surface area contributed by atoms with E-state index >= 15 is 0 Å². The minimum atomic E-state index is 0.200. The molecule has 3 rings (SSSR count). The van der Waals surface area contributed by atoms with E-state index in [9.17, 15) is 0 Å². The number of nitrogens with zero attached hydrogens (tertiary/aromatic N) is 3. The van der Waals surface area contributed by atoms with Crippen LogP contribution in [0.1, 0.15) is 31.7 Å². The van der Waals surface area contributed by atoms with Gasteiger partial charge in [-0.15, -0.1) is 0 Å². The second kappa shape index (κ2) is 6.32. The van der Waals surface area contributed by atoms with Gasteiger partial charge in [-0.1, -0.05) is 6.07 Å². The van der Waals surface area contributed by atoms with Crippen LogP contribution in [0.15, 0.2) is 18.3 Å². The number of anilines is 1. The molecule has 2 aliphatic heterocycles. The molecule has 3 unspecified atom stereocenters. The smallest absolute Gasteiger partial charge is 0.128 e. The minimum Gasteiger partial charge on any atom is -0.356 e. The Morgan fingerprint density at radius 1 is 1.33 bits per heavy atom. The van der Waals surface area contributed by atoms with Gasteiger partial charge in [0.25, 0.3) is 0 Å². The van der Waals surface area contributed by atoms with Crippen molar-refractivity contribution in [1.29, 1.82) is 0 Å². The Balaban J connectivity index is 1.65. The molecule has 2 fully saturated rings. The summed E-state index contributed by atoms with van der Waals surface area (Å²) in [4.78, 5) is 9.70. The third-order valence-electron chi connectivity index (χ3n) is 5.04. The molecule has 0 radical (unpaired) electrons. The highest BCUT2D eigenvalue weighted by molar-refractivity contribution is 5.40. The molecule has 1 aromatic heterocycles. The van der Waals surface area contributed by atoms with Gasteiger partial charge in [-0.2, -0.15) is 0 Å². The molecule has 3 heterocycles. The molecule has 116 valence electrons. The van der Waals surface area contributed by atoms with Gasteiger partial charge < -0.3 is 15.5 Å². The maximum atomic E-state index is 5.85. The van der Waals surface area contributed by atoms with Gasteiger partial charge in [0.2, 0.25) is 0 Å². The molecule has 2 aliphatic rings. The summed E-state index contributed by atoms with van der Waals surface area (Å²) in [5.41, 5.74) is 7.09. The summed E-state index contributed by atoms with van der Waals surface area (Å²) >= 11 is 0. The zero-order chi connectivity index (χ0) is 14.8. The Morgan fingerprint density at radius 2 is 2.19 bits per heavy atom. The molecule has 2 saturated heterocycles. The highest BCUT2D eigenvalue weighted by Crippen LogP contribution is 2.31. The number of aromatic nitrogens is 1. The first kappa shape index (κ1) is 14.8. The molecule has 0 bridgehead atoms. The molecule has 1 aromatic rings. The number of hydrogen-bond donors (Lipinski definition) is 1. The van der Waals surface area contributed by atoms with Crippen LogP contribution in [0.4, 0.5) is 5.82 Å². The van der Waals surface area contributed by atoms with Crippen molar-refractivity contribution in [2.75, 3.05) is 31.6 Å². The van der Waals surface area contributed by atoms with Gasteiger partial charge in [0, 0.05) is 31.4 Å². The van der Waals surface area contributed by atoms with Crippen LogP contribution in [0.3, 0.4) is 0 Å². The monoisotopic (exact) mass is 288 g/mol. The van der Waals surface area contributed by atoms with Crippen molar-refractivity contribution in [3.63, 3.8) is 0 Å². The van der Waals surface area contributed by atoms with E-state index in [2.05, 4.69) is 34.0 Å². The molecule has 0 amide bonds. The van der Waals surface area contributed by atoms with Crippen molar-refractivity contribution in [2.45, 2.75) is 44.7 Å². The fourth-order valence-corrected chi connectivity index (χ4v) is 3.96. The fourth-order valence-electron chi connectivity index (χ4n) is 3.96. The van der Waals surface area contributed by atoms with E-state index in [1.54, 1.807) is 0 Å². The van der Waals surface area contributed by atoms with Crippen LogP contribution < -0.4 is 10.6 Å². The number of piperidine rings is 2. The molecule has 21 heavy (non-hydrogen) atoms. The molecule has 0 spiro atoms. The lowest BCUT2D eigenvalue weighted by Gasteiger charge is -2.46. The lowest BCUT2D eigenvalue weighted by atomic mass is 9.84. The van der Waals surface area contributed by atoms with E-state index in [0.717, 1.165) is 37.3 Å². The predicted octanol–water partition coefficient (Wildman–Crippen LogP) is 1.89. The first-order valence-electron chi connectivity index (χ1n) is 8.29. The standard InChI is InChI=1S/C17H28N4/c1-13(18)10-14-5-6-17(19-11-14)21-9-7-16-15(12-21)4-3-8-20(16)2/h5-6,11,13,15-16H,3-4,7-10,12,18H2,1-2H3. The molecule has 0 saturated carbocycles. The molecule has 2 N–H and O–H groups in total. The van der Waals surface area contributed by atoms with Crippen LogP contribution in [0.2, 0.25) is 0 Å². The predicted molar refractivity (Wildman–Crippen MR) is 87.6 cm³/mol. The first-order valence-corrected chi connectivity index (χ1v) is 8.29. The Kier molecular flexibility index (Phi) is 4.45. The molecule has 0 aliphatic carbocycles. The summed E-state index contributed by atoms with van der Waals surface area (Å²) in [6, 6.07) is 5.34. The summed E-state index contributed by atoms with van der Waals surface area (Å²) in [7, 11) is 2.29. The van der Waals surface area contributed by atoms with E-state index in [-0.39, 0.29) is 6.04 Å². The van der Waals surface area contributed by atoms with Gasteiger partial charge in [-0.25, -0.2) is 4.98 Å². The van der Waals surface area contributed by atoms with Crippen LogP contribution in [0.5, 0.6) is 0 Å². The second-order valence-electron chi connectivity index (χ2n) is 6.89. The zero-order valence-electron chi connectivity index (χ0n) is 13.3. The Hall–Kier alpha value is -1.13. The van der Waals surface area contributed by atoms with Crippen LogP contribution >= 0.6 is 0 Å². The third-order valence-corrected chi connectivity index (χ3v) is 5.04. The maximum Gasteiger partial charge on any atom is 0.128 e. The first-order chi connectivity index (χ1) is 10.1. The van der Waals surface area contributed by atoms with E-state index < -0.39 is 0 Å². The van der Waals surface area contributed by atoms with Crippen molar-refractivity contribution in [3.8, 4) is 0 Å². The third kappa shape index (κ3) is 3.38. The lowest BCUT2D eigenvalue weighted by molar-refractivity contribution is 0.102. The molecule has 0 aromatic carbocycles. The van der Waals surface area contributed by atoms with E-state index in [1.165, 1.54) is 31.4 Å².